The van der Waals surface area contributed by atoms with Crippen LogP contribution in [0.1, 0.15) is 60.3 Å². The molecule has 0 atom stereocenters. The molecular formula is C14H27NO3. The van der Waals surface area contributed by atoms with Gasteiger partial charge in [0.2, 0.25) is 0 Å². The number of nitrogens with one attached hydrogen (secondary N) is 1. The summed E-state index contributed by atoms with van der Waals surface area (Å²) in [6, 6.07) is 0. The van der Waals surface area contributed by atoms with Gasteiger partial charge in [-0.2, -0.15) is 0 Å². The molecule has 0 unspecified atom stereocenters. The molecule has 2 N–H and O–H groups in total. The van der Waals surface area contributed by atoms with Crippen LogP contribution in [0.2, 0.25) is 0 Å². The van der Waals surface area contributed by atoms with Crippen LogP contribution in [0.15, 0.2) is 0 Å². The fourth-order valence-electron chi connectivity index (χ4n) is 2.47. The van der Waals surface area contributed by atoms with Crippen LogP contribution in [0.25, 0.3) is 0 Å². The quantitative estimate of drug-likeness (QED) is 0.799. The molecule has 0 spiro atoms. The van der Waals surface area contributed by atoms with Crippen molar-refractivity contribution in [1.29, 1.82) is 0 Å². The molecule has 1 rings (SSSR count). The first-order valence-corrected chi connectivity index (χ1v) is 6.84. The fraction of sp³-hybridized carbons (Fsp3) is 0.929. The second-order valence-corrected chi connectivity index (χ2v) is 6.67. The van der Waals surface area contributed by atoms with E-state index >= 15 is 0 Å². The minimum atomic E-state index is -0.476. The molecule has 4 heteroatoms. The topological polar surface area (TPSA) is 58.6 Å². The standard InChI is InChI=1S/C14H27NO3/c1-10(2)14(8-6-11(16)7-9-14)15-12(17)18-13(3,4)5/h10-11,16H,6-9H2,1-5H3,(H,15,17). The van der Waals surface area contributed by atoms with Crippen molar-refractivity contribution in [3.63, 3.8) is 0 Å². The first-order chi connectivity index (χ1) is 8.15. The lowest BCUT2D eigenvalue weighted by molar-refractivity contribution is 0.0246. The lowest BCUT2D eigenvalue weighted by Gasteiger charge is -2.43. The Morgan fingerprint density at radius 3 is 2.22 bits per heavy atom. The molecule has 1 amide bonds. The zero-order valence-corrected chi connectivity index (χ0v) is 12.2. The van der Waals surface area contributed by atoms with E-state index in [1.807, 2.05) is 20.8 Å². The van der Waals surface area contributed by atoms with Gasteiger partial charge in [-0.15, -0.1) is 0 Å². The highest BCUT2D eigenvalue weighted by Crippen LogP contribution is 2.34. The normalized spacial score (nSPS) is 29.2. The van der Waals surface area contributed by atoms with Gasteiger partial charge in [0.25, 0.3) is 0 Å². The van der Waals surface area contributed by atoms with E-state index in [1.165, 1.54) is 0 Å². The first kappa shape index (κ1) is 15.3. The number of amides is 1. The molecule has 1 aliphatic rings. The maximum atomic E-state index is 11.9. The summed E-state index contributed by atoms with van der Waals surface area (Å²) < 4.78 is 5.33. The Kier molecular flexibility index (Phi) is 4.65. The van der Waals surface area contributed by atoms with Crippen LogP contribution in [0.4, 0.5) is 4.79 Å². The van der Waals surface area contributed by atoms with Gasteiger partial charge >= 0.3 is 6.09 Å². The average molecular weight is 257 g/mol. The minimum absolute atomic E-state index is 0.225. The summed E-state index contributed by atoms with van der Waals surface area (Å²) in [5, 5.41) is 12.6. The average Bonchev–Trinajstić information content (AvgIpc) is 2.18. The number of alkyl carbamates (subject to hydrolysis) is 1. The second-order valence-electron chi connectivity index (χ2n) is 6.67. The number of rotatable bonds is 2. The van der Waals surface area contributed by atoms with E-state index < -0.39 is 5.60 Å². The van der Waals surface area contributed by atoms with E-state index in [1.54, 1.807) is 0 Å². The van der Waals surface area contributed by atoms with E-state index in [2.05, 4.69) is 19.2 Å². The van der Waals surface area contributed by atoms with Gasteiger partial charge in [-0.1, -0.05) is 13.8 Å². The zero-order valence-electron chi connectivity index (χ0n) is 12.2. The molecule has 0 aromatic heterocycles. The molecule has 0 aliphatic heterocycles. The SMILES string of the molecule is CC(C)C1(NC(=O)OC(C)(C)C)CCC(O)CC1. The van der Waals surface area contributed by atoms with Crippen molar-refractivity contribution in [3.8, 4) is 0 Å². The Balaban J connectivity index is 2.66. The number of aliphatic hydroxyl groups excluding tert-OH is 1. The Bertz CT molecular complexity index is 286. The first-order valence-electron chi connectivity index (χ1n) is 6.84. The van der Waals surface area contributed by atoms with Crippen LogP contribution in [-0.2, 0) is 4.74 Å². The van der Waals surface area contributed by atoms with Crippen LogP contribution in [0, 0.1) is 5.92 Å². The van der Waals surface area contributed by atoms with Gasteiger partial charge in [-0.3, -0.25) is 0 Å². The molecule has 106 valence electrons. The summed E-state index contributed by atoms with van der Waals surface area (Å²) in [5.41, 5.74) is -0.710. The van der Waals surface area contributed by atoms with Crippen molar-refractivity contribution in [2.75, 3.05) is 0 Å². The largest absolute Gasteiger partial charge is 0.444 e. The van der Waals surface area contributed by atoms with Crippen LogP contribution in [-0.4, -0.2) is 28.4 Å². The molecule has 0 radical (unpaired) electrons. The molecule has 0 aromatic carbocycles. The van der Waals surface area contributed by atoms with Crippen molar-refractivity contribution in [2.45, 2.75) is 77.5 Å². The molecule has 18 heavy (non-hydrogen) atoms. The monoisotopic (exact) mass is 257 g/mol. The summed E-state index contributed by atoms with van der Waals surface area (Å²) in [6.07, 6.45) is 2.53. The Hall–Kier alpha value is -0.770. The molecule has 0 saturated heterocycles. The van der Waals surface area contributed by atoms with Gasteiger partial charge in [0.1, 0.15) is 5.60 Å². The van der Waals surface area contributed by atoms with Gasteiger partial charge in [0.05, 0.1) is 6.10 Å². The number of aliphatic hydroxyl groups is 1. The fourth-order valence-corrected chi connectivity index (χ4v) is 2.47. The maximum absolute atomic E-state index is 11.9. The lowest BCUT2D eigenvalue weighted by atomic mass is 9.73. The molecule has 1 fully saturated rings. The molecule has 0 bridgehead atoms. The third-order valence-electron chi connectivity index (χ3n) is 3.70. The molecule has 0 heterocycles. The smallest absolute Gasteiger partial charge is 0.408 e. The van der Waals surface area contributed by atoms with Gasteiger partial charge in [-0.25, -0.2) is 4.79 Å². The highest BCUT2D eigenvalue weighted by Gasteiger charge is 2.39. The predicted molar refractivity (Wildman–Crippen MR) is 71.4 cm³/mol. The number of carbonyl (C=O) groups excluding carboxylic acids is 1. The Labute approximate surface area is 110 Å². The molecular weight excluding hydrogens is 230 g/mol. The lowest BCUT2D eigenvalue weighted by Crippen LogP contribution is -2.55. The predicted octanol–water partition coefficient (Wildman–Crippen LogP) is 2.84. The van der Waals surface area contributed by atoms with Crippen molar-refractivity contribution in [2.24, 2.45) is 5.92 Å². The van der Waals surface area contributed by atoms with Crippen LogP contribution < -0.4 is 5.32 Å². The van der Waals surface area contributed by atoms with Gasteiger partial charge in [0, 0.05) is 5.54 Å². The number of ether oxygens (including phenoxy) is 1. The third kappa shape index (κ3) is 4.16. The summed E-state index contributed by atoms with van der Waals surface area (Å²) in [7, 11) is 0. The van der Waals surface area contributed by atoms with Crippen molar-refractivity contribution in [1.82, 2.24) is 5.32 Å². The van der Waals surface area contributed by atoms with Crippen LogP contribution in [0.5, 0.6) is 0 Å². The molecule has 1 aliphatic carbocycles. The highest BCUT2D eigenvalue weighted by atomic mass is 16.6. The summed E-state index contributed by atoms with van der Waals surface area (Å²) in [4.78, 5) is 11.9. The summed E-state index contributed by atoms with van der Waals surface area (Å²) in [6.45, 7) is 9.79. The summed E-state index contributed by atoms with van der Waals surface area (Å²) >= 11 is 0. The van der Waals surface area contributed by atoms with Crippen molar-refractivity contribution >= 4 is 6.09 Å². The number of hydrogen-bond donors (Lipinski definition) is 2. The summed E-state index contributed by atoms with van der Waals surface area (Å²) in [5.74, 6) is 0.331. The Morgan fingerprint density at radius 2 is 1.83 bits per heavy atom. The zero-order chi connectivity index (χ0) is 14.0. The van der Waals surface area contributed by atoms with Gasteiger partial charge in [-0.05, 0) is 52.4 Å². The van der Waals surface area contributed by atoms with Crippen molar-refractivity contribution < 1.29 is 14.6 Å². The van der Waals surface area contributed by atoms with Crippen molar-refractivity contribution in [3.05, 3.63) is 0 Å². The van der Waals surface area contributed by atoms with E-state index in [9.17, 15) is 9.90 Å². The van der Waals surface area contributed by atoms with E-state index in [0.29, 0.717) is 5.92 Å². The van der Waals surface area contributed by atoms with E-state index in [4.69, 9.17) is 4.74 Å². The minimum Gasteiger partial charge on any atom is -0.444 e. The highest BCUT2D eigenvalue weighted by molar-refractivity contribution is 5.68. The van der Waals surface area contributed by atoms with Gasteiger partial charge in [0.15, 0.2) is 0 Å². The van der Waals surface area contributed by atoms with Crippen LogP contribution >= 0.6 is 0 Å². The Morgan fingerprint density at radius 1 is 1.33 bits per heavy atom. The van der Waals surface area contributed by atoms with Crippen LogP contribution in [0.3, 0.4) is 0 Å². The second kappa shape index (κ2) is 5.47. The van der Waals surface area contributed by atoms with E-state index in [0.717, 1.165) is 25.7 Å². The third-order valence-corrected chi connectivity index (χ3v) is 3.70. The van der Waals surface area contributed by atoms with Gasteiger partial charge < -0.3 is 15.2 Å². The molecule has 1 saturated carbocycles. The number of hydrogen-bond acceptors (Lipinski definition) is 3. The molecule has 4 nitrogen and oxygen atoms in total. The molecule has 0 aromatic rings. The van der Waals surface area contributed by atoms with E-state index in [-0.39, 0.29) is 17.7 Å². The number of carbonyl (C=O) groups is 1. The maximum Gasteiger partial charge on any atom is 0.408 e.